The average Bonchev–Trinajstić information content (AvgIpc) is 2.94. The van der Waals surface area contributed by atoms with Crippen molar-refractivity contribution in [3.05, 3.63) is 17.8 Å². The van der Waals surface area contributed by atoms with Gasteiger partial charge in [0.2, 0.25) is 0 Å². The molecule has 0 spiro atoms. The second-order valence-electron chi connectivity index (χ2n) is 5.16. The minimum Gasteiger partial charge on any atom is -0.383 e. The lowest BCUT2D eigenvalue weighted by Crippen LogP contribution is -2.53. The summed E-state index contributed by atoms with van der Waals surface area (Å²) in [4.78, 5) is 13.7. The monoisotopic (exact) mass is 292 g/mol. The average molecular weight is 292 g/mol. The molecule has 1 saturated heterocycles. The number of hydrogen-bond donors (Lipinski definition) is 0. The highest BCUT2D eigenvalue weighted by Crippen LogP contribution is 2.29. The van der Waals surface area contributed by atoms with Gasteiger partial charge in [-0.2, -0.15) is 0 Å². The molecule has 20 heavy (non-hydrogen) atoms. The van der Waals surface area contributed by atoms with Gasteiger partial charge in [0.25, 0.3) is 0 Å². The number of thiophene rings is 1. The van der Waals surface area contributed by atoms with Crippen LogP contribution in [-0.2, 0) is 4.74 Å². The van der Waals surface area contributed by atoms with Crippen LogP contribution in [0, 0.1) is 0 Å². The summed E-state index contributed by atoms with van der Waals surface area (Å²) >= 11 is 1.72. The van der Waals surface area contributed by atoms with Crippen LogP contribution in [0.3, 0.4) is 0 Å². The summed E-state index contributed by atoms with van der Waals surface area (Å²) in [6.45, 7) is 7.15. The van der Waals surface area contributed by atoms with Gasteiger partial charge < -0.3 is 9.64 Å². The number of aromatic nitrogens is 2. The fourth-order valence-corrected chi connectivity index (χ4v) is 3.59. The van der Waals surface area contributed by atoms with E-state index in [9.17, 15) is 0 Å². The first-order chi connectivity index (χ1) is 9.79. The number of fused-ring (bicyclic) bond motifs is 1. The predicted octanol–water partition coefficient (Wildman–Crippen LogP) is 1.85. The van der Waals surface area contributed by atoms with E-state index in [0.29, 0.717) is 6.04 Å². The van der Waals surface area contributed by atoms with Crippen molar-refractivity contribution in [3.63, 3.8) is 0 Å². The van der Waals surface area contributed by atoms with Gasteiger partial charge >= 0.3 is 0 Å². The zero-order valence-corrected chi connectivity index (χ0v) is 12.8. The van der Waals surface area contributed by atoms with Gasteiger partial charge in [-0.05, 0) is 18.4 Å². The van der Waals surface area contributed by atoms with E-state index in [4.69, 9.17) is 4.74 Å². The molecule has 108 valence electrons. The van der Waals surface area contributed by atoms with Crippen LogP contribution in [-0.4, -0.2) is 60.8 Å². The number of anilines is 1. The Labute approximate surface area is 123 Å². The summed E-state index contributed by atoms with van der Waals surface area (Å²) < 4.78 is 6.38. The van der Waals surface area contributed by atoms with E-state index in [-0.39, 0.29) is 0 Å². The summed E-state index contributed by atoms with van der Waals surface area (Å²) in [6.07, 6.45) is 1.67. The quantitative estimate of drug-likeness (QED) is 0.860. The van der Waals surface area contributed by atoms with Crippen LogP contribution in [0.2, 0.25) is 0 Å². The molecule has 3 rings (SSSR count). The van der Waals surface area contributed by atoms with Gasteiger partial charge in [-0.15, -0.1) is 11.3 Å². The van der Waals surface area contributed by atoms with Crippen LogP contribution in [0.1, 0.15) is 6.92 Å². The van der Waals surface area contributed by atoms with Gasteiger partial charge in [0.1, 0.15) is 12.1 Å². The summed E-state index contributed by atoms with van der Waals surface area (Å²) in [7, 11) is 1.76. The number of nitrogens with zero attached hydrogens (tertiary/aromatic N) is 4. The standard InChI is InChI=1S/C14H20N4OS/c1-11-9-18(5-4-17(11)6-7-19-2)14-13-12(3-8-20-13)15-10-16-14/h3,8,10-11H,4-7,9H2,1-2H3/t11-/m0/s1. The topological polar surface area (TPSA) is 41.5 Å². The minimum absolute atomic E-state index is 0.517. The molecule has 1 aliphatic rings. The Morgan fingerprint density at radius 1 is 1.40 bits per heavy atom. The van der Waals surface area contributed by atoms with Crippen molar-refractivity contribution in [3.8, 4) is 0 Å². The third kappa shape index (κ3) is 2.63. The third-order valence-electron chi connectivity index (χ3n) is 3.87. The largest absolute Gasteiger partial charge is 0.383 e. The van der Waals surface area contributed by atoms with Crippen LogP contribution < -0.4 is 4.90 Å². The summed E-state index contributed by atoms with van der Waals surface area (Å²) in [5, 5.41) is 2.08. The molecule has 0 aliphatic carbocycles. The zero-order chi connectivity index (χ0) is 13.9. The van der Waals surface area contributed by atoms with Crippen molar-refractivity contribution >= 4 is 27.4 Å². The summed E-state index contributed by atoms with van der Waals surface area (Å²) in [5.41, 5.74) is 1.05. The lowest BCUT2D eigenvalue weighted by atomic mass is 10.2. The van der Waals surface area contributed by atoms with E-state index in [1.807, 2.05) is 0 Å². The van der Waals surface area contributed by atoms with E-state index in [1.165, 1.54) is 4.70 Å². The molecule has 1 aliphatic heterocycles. The smallest absolute Gasteiger partial charge is 0.150 e. The first-order valence-electron chi connectivity index (χ1n) is 6.95. The molecule has 0 aromatic carbocycles. The molecule has 0 bridgehead atoms. The van der Waals surface area contributed by atoms with E-state index < -0.39 is 0 Å². The number of rotatable bonds is 4. The molecule has 0 N–H and O–H groups in total. The molecular formula is C14H20N4OS. The van der Waals surface area contributed by atoms with Crippen molar-refractivity contribution in [2.75, 3.05) is 44.8 Å². The first-order valence-corrected chi connectivity index (χ1v) is 7.83. The Balaban J connectivity index is 1.75. The van der Waals surface area contributed by atoms with Crippen molar-refractivity contribution in [1.29, 1.82) is 0 Å². The second-order valence-corrected chi connectivity index (χ2v) is 6.07. The van der Waals surface area contributed by atoms with Crippen molar-refractivity contribution in [2.24, 2.45) is 0 Å². The summed E-state index contributed by atoms with van der Waals surface area (Å²) in [5.74, 6) is 1.09. The Morgan fingerprint density at radius 2 is 2.30 bits per heavy atom. The highest BCUT2D eigenvalue weighted by atomic mass is 32.1. The molecule has 0 amide bonds. The number of methoxy groups -OCH3 is 1. The fourth-order valence-electron chi connectivity index (χ4n) is 2.73. The van der Waals surface area contributed by atoms with Crippen LogP contribution in [0.25, 0.3) is 10.2 Å². The molecular weight excluding hydrogens is 272 g/mol. The van der Waals surface area contributed by atoms with Crippen molar-refractivity contribution < 1.29 is 4.74 Å². The lowest BCUT2D eigenvalue weighted by Gasteiger charge is -2.40. The SMILES string of the molecule is COCCN1CCN(c2ncnc3ccsc23)C[C@@H]1C. The van der Waals surface area contributed by atoms with Gasteiger partial charge in [0.05, 0.1) is 16.8 Å². The van der Waals surface area contributed by atoms with Gasteiger partial charge in [0, 0.05) is 39.3 Å². The number of hydrogen-bond acceptors (Lipinski definition) is 6. The molecule has 2 aromatic rings. The van der Waals surface area contributed by atoms with E-state index in [1.54, 1.807) is 24.8 Å². The maximum Gasteiger partial charge on any atom is 0.150 e. The van der Waals surface area contributed by atoms with Crippen LogP contribution in [0.15, 0.2) is 17.8 Å². The predicted molar refractivity (Wildman–Crippen MR) is 82.5 cm³/mol. The molecule has 0 radical (unpaired) electrons. The Morgan fingerprint density at radius 3 is 3.10 bits per heavy atom. The highest BCUT2D eigenvalue weighted by molar-refractivity contribution is 7.17. The zero-order valence-electron chi connectivity index (χ0n) is 12.0. The molecule has 0 saturated carbocycles. The fraction of sp³-hybridized carbons (Fsp3) is 0.571. The number of piperazine rings is 1. The normalized spacial score (nSPS) is 20.7. The molecule has 3 heterocycles. The molecule has 5 nitrogen and oxygen atoms in total. The minimum atomic E-state index is 0.517. The van der Waals surface area contributed by atoms with Gasteiger partial charge in [0.15, 0.2) is 0 Å². The highest BCUT2D eigenvalue weighted by Gasteiger charge is 2.25. The van der Waals surface area contributed by atoms with Gasteiger partial charge in [-0.1, -0.05) is 0 Å². The molecule has 1 atom stereocenters. The Hall–Kier alpha value is -1.24. The van der Waals surface area contributed by atoms with Crippen LogP contribution in [0.5, 0.6) is 0 Å². The van der Waals surface area contributed by atoms with Gasteiger partial charge in [-0.25, -0.2) is 9.97 Å². The molecule has 6 heteroatoms. The van der Waals surface area contributed by atoms with E-state index in [2.05, 4.69) is 38.1 Å². The summed E-state index contributed by atoms with van der Waals surface area (Å²) in [6, 6.07) is 2.58. The second kappa shape index (κ2) is 6.03. The first kappa shape index (κ1) is 13.7. The van der Waals surface area contributed by atoms with Crippen LogP contribution >= 0.6 is 11.3 Å². The maximum atomic E-state index is 5.18. The van der Waals surface area contributed by atoms with E-state index in [0.717, 1.165) is 44.1 Å². The van der Waals surface area contributed by atoms with E-state index >= 15 is 0 Å². The Kier molecular flexibility index (Phi) is 4.14. The van der Waals surface area contributed by atoms with Crippen molar-refractivity contribution in [2.45, 2.75) is 13.0 Å². The number of ether oxygens (including phenoxy) is 1. The van der Waals surface area contributed by atoms with Crippen LogP contribution in [0.4, 0.5) is 5.82 Å². The van der Waals surface area contributed by atoms with Gasteiger partial charge in [-0.3, -0.25) is 4.90 Å². The third-order valence-corrected chi connectivity index (χ3v) is 4.77. The maximum absolute atomic E-state index is 5.18. The molecule has 1 fully saturated rings. The van der Waals surface area contributed by atoms with Crippen molar-refractivity contribution in [1.82, 2.24) is 14.9 Å². The molecule has 2 aromatic heterocycles. The molecule has 0 unspecified atom stereocenters. The lowest BCUT2D eigenvalue weighted by molar-refractivity contribution is 0.117. The Bertz CT molecular complexity index is 573.